The van der Waals surface area contributed by atoms with Crippen LogP contribution >= 0.6 is 0 Å². The SMILES string of the molecule is COC(=O)CNc1cc(C(F)(F)F)ccn1. The van der Waals surface area contributed by atoms with Crippen LogP contribution in [0, 0.1) is 0 Å². The van der Waals surface area contributed by atoms with Crippen molar-refractivity contribution < 1.29 is 22.7 Å². The number of hydrogen-bond acceptors (Lipinski definition) is 4. The normalized spacial score (nSPS) is 11.0. The van der Waals surface area contributed by atoms with Crippen molar-refractivity contribution in [1.82, 2.24) is 4.98 Å². The molecule has 1 aromatic rings. The van der Waals surface area contributed by atoms with Gasteiger partial charge in [0.05, 0.1) is 12.7 Å². The molecule has 0 fully saturated rings. The van der Waals surface area contributed by atoms with E-state index in [2.05, 4.69) is 15.0 Å². The zero-order valence-corrected chi connectivity index (χ0v) is 8.34. The molecule has 88 valence electrons. The van der Waals surface area contributed by atoms with Crippen molar-refractivity contribution in [3.05, 3.63) is 23.9 Å². The zero-order chi connectivity index (χ0) is 12.2. The second kappa shape index (κ2) is 4.82. The summed E-state index contributed by atoms with van der Waals surface area (Å²) in [5.74, 6) is -0.612. The van der Waals surface area contributed by atoms with E-state index in [0.29, 0.717) is 0 Å². The lowest BCUT2D eigenvalue weighted by molar-refractivity contribution is -0.138. The highest BCUT2D eigenvalue weighted by Gasteiger charge is 2.30. The number of nitrogens with zero attached hydrogens (tertiary/aromatic N) is 1. The van der Waals surface area contributed by atoms with Gasteiger partial charge in [-0.05, 0) is 12.1 Å². The van der Waals surface area contributed by atoms with Crippen LogP contribution in [0.3, 0.4) is 0 Å². The molecule has 1 aromatic heterocycles. The fraction of sp³-hybridized carbons (Fsp3) is 0.333. The van der Waals surface area contributed by atoms with E-state index < -0.39 is 17.7 Å². The highest BCUT2D eigenvalue weighted by atomic mass is 19.4. The molecule has 1 N–H and O–H groups in total. The summed E-state index contributed by atoms with van der Waals surface area (Å²) in [4.78, 5) is 14.4. The van der Waals surface area contributed by atoms with Crippen LogP contribution in [0.15, 0.2) is 18.3 Å². The monoisotopic (exact) mass is 234 g/mol. The Bertz CT molecular complexity index is 379. The van der Waals surface area contributed by atoms with Crippen LogP contribution in [0.2, 0.25) is 0 Å². The van der Waals surface area contributed by atoms with Crippen LogP contribution in [0.4, 0.5) is 19.0 Å². The zero-order valence-electron chi connectivity index (χ0n) is 8.34. The number of aromatic nitrogens is 1. The molecular formula is C9H9F3N2O2. The average molecular weight is 234 g/mol. The summed E-state index contributed by atoms with van der Waals surface area (Å²) in [5.41, 5.74) is -0.824. The topological polar surface area (TPSA) is 51.2 Å². The van der Waals surface area contributed by atoms with Gasteiger partial charge < -0.3 is 10.1 Å². The van der Waals surface area contributed by atoms with Crippen molar-refractivity contribution in [2.24, 2.45) is 0 Å². The van der Waals surface area contributed by atoms with Gasteiger partial charge in [0.15, 0.2) is 0 Å². The second-order valence-corrected chi connectivity index (χ2v) is 2.86. The number of methoxy groups -OCH3 is 1. The molecule has 0 unspecified atom stereocenters. The summed E-state index contributed by atoms with van der Waals surface area (Å²) in [6.07, 6.45) is -3.41. The maximum Gasteiger partial charge on any atom is 0.416 e. The predicted octanol–water partition coefficient (Wildman–Crippen LogP) is 1.69. The van der Waals surface area contributed by atoms with Gasteiger partial charge in [-0.2, -0.15) is 13.2 Å². The number of anilines is 1. The first-order valence-corrected chi connectivity index (χ1v) is 4.27. The van der Waals surface area contributed by atoms with Crippen molar-refractivity contribution in [2.45, 2.75) is 6.18 Å². The third-order valence-electron chi connectivity index (χ3n) is 1.73. The van der Waals surface area contributed by atoms with Gasteiger partial charge in [0.1, 0.15) is 12.4 Å². The van der Waals surface area contributed by atoms with Crippen molar-refractivity contribution >= 4 is 11.8 Å². The van der Waals surface area contributed by atoms with E-state index in [4.69, 9.17) is 0 Å². The third-order valence-corrected chi connectivity index (χ3v) is 1.73. The molecule has 0 aliphatic heterocycles. The first kappa shape index (κ1) is 12.3. The first-order chi connectivity index (χ1) is 7.43. The Kier molecular flexibility index (Phi) is 3.70. The summed E-state index contributed by atoms with van der Waals surface area (Å²) < 4.78 is 41.2. The maximum atomic E-state index is 12.3. The van der Waals surface area contributed by atoms with E-state index in [1.807, 2.05) is 0 Å². The molecule has 0 aromatic carbocycles. The molecule has 0 saturated carbocycles. The molecule has 0 saturated heterocycles. The van der Waals surface area contributed by atoms with E-state index in [1.54, 1.807) is 0 Å². The molecule has 1 heterocycles. The number of alkyl halides is 3. The van der Waals surface area contributed by atoms with Crippen LogP contribution in [-0.2, 0) is 15.7 Å². The summed E-state index contributed by atoms with van der Waals surface area (Å²) in [6.45, 7) is -0.231. The van der Waals surface area contributed by atoms with E-state index in [0.717, 1.165) is 18.3 Å². The number of carbonyl (C=O) groups is 1. The third kappa shape index (κ3) is 3.41. The second-order valence-electron chi connectivity index (χ2n) is 2.86. The average Bonchev–Trinajstić information content (AvgIpc) is 2.25. The van der Waals surface area contributed by atoms with E-state index in [1.165, 1.54) is 7.11 Å². The lowest BCUT2D eigenvalue weighted by atomic mass is 10.2. The number of pyridine rings is 1. The molecule has 7 heteroatoms. The van der Waals surface area contributed by atoms with Crippen LogP contribution in [0.5, 0.6) is 0 Å². The van der Waals surface area contributed by atoms with E-state index in [-0.39, 0.29) is 12.4 Å². The Morgan fingerprint density at radius 3 is 2.81 bits per heavy atom. The summed E-state index contributed by atoms with van der Waals surface area (Å²) in [6, 6.07) is 1.67. The summed E-state index contributed by atoms with van der Waals surface area (Å²) in [5, 5.41) is 2.42. The molecule has 0 aliphatic rings. The van der Waals surface area contributed by atoms with Crippen LogP contribution in [-0.4, -0.2) is 24.6 Å². The molecule has 0 aliphatic carbocycles. The Hall–Kier alpha value is -1.79. The molecule has 0 amide bonds. The Balaban J connectivity index is 2.72. The van der Waals surface area contributed by atoms with Crippen LogP contribution in [0.1, 0.15) is 5.56 Å². The van der Waals surface area contributed by atoms with Crippen LogP contribution in [0.25, 0.3) is 0 Å². The quantitative estimate of drug-likeness (QED) is 0.808. The van der Waals surface area contributed by atoms with Crippen molar-refractivity contribution in [3.8, 4) is 0 Å². The largest absolute Gasteiger partial charge is 0.468 e. The number of nitrogens with one attached hydrogen (secondary N) is 1. The highest BCUT2D eigenvalue weighted by Crippen LogP contribution is 2.29. The molecule has 16 heavy (non-hydrogen) atoms. The van der Waals surface area contributed by atoms with Gasteiger partial charge in [-0.25, -0.2) is 4.98 Å². The standard InChI is InChI=1S/C9H9F3N2O2/c1-16-8(15)5-14-7-4-6(2-3-13-7)9(10,11)12/h2-4H,5H2,1H3,(H,13,14). The van der Waals surface area contributed by atoms with Gasteiger partial charge in [0.25, 0.3) is 0 Å². The van der Waals surface area contributed by atoms with Gasteiger partial charge in [-0.15, -0.1) is 0 Å². The lowest BCUT2D eigenvalue weighted by Gasteiger charge is -2.08. The van der Waals surface area contributed by atoms with Gasteiger partial charge >= 0.3 is 12.1 Å². The number of hydrogen-bond donors (Lipinski definition) is 1. The highest BCUT2D eigenvalue weighted by molar-refractivity contribution is 5.74. The van der Waals surface area contributed by atoms with Crippen molar-refractivity contribution in [2.75, 3.05) is 19.0 Å². The molecular weight excluding hydrogens is 225 g/mol. The minimum Gasteiger partial charge on any atom is -0.468 e. The van der Waals surface area contributed by atoms with Crippen molar-refractivity contribution in [3.63, 3.8) is 0 Å². The Morgan fingerprint density at radius 1 is 1.56 bits per heavy atom. The van der Waals surface area contributed by atoms with Crippen LogP contribution < -0.4 is 5.32 Å². The van der Waals surface area contributed by atoms with E-state index in [9.17, 15) is 18.0 Å². The number of esters is 1. The number of halogens is 3. The van der Waals surface area contributed by atoms with E-state index >= 15 is 0 Å². The smallest absolute Gasteiger partial charge is 0.416 e. The molecule has 4 nitrogen and oxygen atoms in total. The number of rotatable bonds is 3. The Morgan fingerprint density at radius 2 is 2.25 bits per heavy atom. The van der Waals surface area contributed by atoms with Gasteiger partial charge in [-0.1, -0.05) is 0 Å². The predicted molar refractivity (Wildman–Crippen MR) is 49.7 cm³/mol. The van der Waals surface area contributed by atoms with Gasteiger partial charge in [-0.3, -0.25) is 4.79 Å². The van der Waals surface area contributed by atoms with Gasteiger partial charge in [0, 0.05) is 6.20 Å². The minimum absolute atomic E-state index is 0.0276. The minimum atomic E-state index is -4.43. The fourth-order valence-corrected chi connectivity index (χ4v) is 0.938. The molecule has 0 bridgehead atoms. The fourth-order valence-electron chi connectivity index (χ4n) is 0.938. The first-order valence-electron chi connectivity index (χ1n) is 4.27. The number of carbonyl (C=O) groups excluding carboxylic acids is 1. The number of ether oxygens (including phenoxy) is 1. The molecule has 0 radical (unpaired) electrons. The molecule has 1 rings (SSSR count). The molecule has 0 spiro atoms. The Labute approximate surface area is 89.4 Å². The van der Waals surface area contributed by atoms with Gasteiger partial charge in [0.2, 0.25) is 0 Å². The van der Waals surface area contributed by atoms with Crippen molar-refractivity contribution in [1.29, 1.82) is 0 Å². The lowest BCUT2D eigenvalue weighted by Crippen LogP contribution is -2.16. The molecule has 0 atom stereocenters. The summed E-state index contributed by atoms with van der Waals surface area (Å²) in [7, 11) is 1.18. The maximum absolute atomic E-state index is 12.3. The summed E-state index contributed by atoms with van der Waals surface area (Å²) >= 11 is 0.